The van der Waals surface area contributed by atoms with E-state index in [-0.39, 0.29) is 0 Å². The van der Waals surface area contributed by atoms with Gasteiger partial charge in [0, 0.05) is 11.8 Å². The SMILES string of the molecule is Cc1cc(/C=C/c2ccc(-c3ccccn3)cc2)cc(C)c1C. The lowest BCUT2D eigenvalue weighted by Crippen LogP contribution is -1.87. The summed E-state index contributed by atoms with van der Waals surface area (Å²) in [5, 5.41) is 0. The molecule has 0 saturated carbocycles. The fourth-order valence-electron chi connectivity index (χ4n) is 2.66. The lowest BCUT2D eigenvalue weighted by Gasteiger charge is -2.06. The number of rotatable bonds is 3. The van der Waals surface area contributed by atoms with Gasteiger partial charge in [-0.25, -0.2) is 0 Å². The second-order valence-electron chi connectivity index (χ2n) is 5.95. The maximum Gasteiger partial charge on any atom is 0.0701 e. The van der Waals surface area contributed by atoms with Crippen molar-refractivity contribution in [2.75, 3.05) is 0 Å². The monoisotopic (exact) mass is 299 g/mol. The molecule has 0 aliphatic heterocycles. The molecule has 114 valence electrons. The van der Waals surface area contributed by atoms with Crippen LogP contribution in [0, 0.1) is 20.8 Å². The summed E-state index contributed by atoms with van der Waals surface area (Å²) in [7, 11) is 0. The van der Waals surface area contributed by atoms with E-state index in [4.69, 9.17) is 0 Å². The molecule has 0 N–H and O–H groups in total. The van der Waals surface area contributed by atoms with E-state index in [9.17, 15) is 0 Å². The van der Waals surface area contributed by atoms with Crippen molar-refractivity contribution in [2.24, 2.45) is 0 Å². The quantitative estimate of drug-likeness (QED) is 0.553. The van der Waals surface area contributed by atoms with Crippen LogP contribution in [0.4, 0.5) is 0 Å². The Morgan fingerprint density at radius 2 is 1.39 bits per heavy atom. The molecular weight excluding hydrogens is 278 g/mol. The first-order valence-corrected chi connectivity index (χ1v) is 7.91. The van der Waals surface area contributed by atoms with Crippen molar-refractivity contribution in [2.45, 2.75) is 20.8 Å². The van der Waals surface area contributed by atoms with Crippen molar-refractivity contribution in [1.29, 1.82) is 0 Å². The van der Waals surface area contributed by atoms with E-state index in [2.05, 4.69) is 74.3 Å². The van der Waals surface area contributed by atoms with Gasteiger partial charge < -0.3 is 0 Å². The molecule has 0 unspecified atom stereocenters. The molecule has 1 aromatic heterocycles. The van der Waals surface area contributed by atoms with Gasteiger partial charge >= 0.3 is 0 Å². The molecule has 0 bridgehead atoms. The molecule has 0 atom stereocenters. The largest absolute Gasteiger partial charge is 0.256 e. The highest BCUT2D eigenvalue weighted by molar-refractivity contribution is 5.72. The van der Waals surface area contributed by atoms with Crippen LogP contribution < -0.4 is 0 Å². The summed E-state index contributed by atoms with van der Waals surface area (Å²) < 4.78 is 0. The van der Waals surface area contributed by atoms with Gasteiger partial charge in [-0.2, -0.15) is 0 Å². The summed E-state index contributed by atoms with van der Waals surface area (Å²) in [4.78, 5) is 4.38. The zero-order chi connectivity index (χ0) is 16.2. The Bertz CT molecular complexity index is 805. The van der Waals surface area contributed by atoms with Gasteiger partial charge in [0.05, 0.1) is 5.69 Å². The van der Waals surface area contributed by atoms with Crippen LogP contribution in [0.25, 0.3) is 23.4 Å². The van der Waals surface area contributed by atoms with Gasteiger partial charge in [-0.15, -0.1) is 0 Å². The van der Waals surface area contributed by atoms with Crippen LogP contribution in [0.5, 0.6) is 0 Å². The molecule has 0 aliphatic rings. The van der Waals surface area contributed by atoms with E-state index in [0.29, 0.717) is 0 Å². The predicted molar refractivity (Wildman–Crippen MR) is 99.3 cm³/mol. The number of aromatic nitrogens is 1. The molecule has 1 nitrogen and oxygen atoms in total. The van der Waals surface area contributed by atoms with Gasteiger partial charge in [-0.1, -0.05) is 54.6 Å². The lowest BCUT2D eigenvalue weighted by molar-refractivity contribution is 1.26. The number of pyridine rings is 1. The number of nitrogens with zero attached hydrogens (tertiary/aromatic N) is 1. The van der Waals surface area contributed by atoms with Gasteiger partial charge in [0.1, 0.15) is 0 Å². The first kappa shape index (κ1) is 15.2. The van der Waals surface area contributed by atoms with E-state index < -0.39 is 0 Å². The molecule has 1 heterocycles. The highest BCUT2D eigenvalue weighted by Gasteiger charge is 1.99. The normalized spacial score (nSPS) is 11.1. The number of hydrogen-bond acceptors (Lipinski definition) is 1. The van der Waals surface area contributed by atoms with Crippen LogP contribution in [0.15, 0.2) is 60.8 Å². The van der Waals surface area contributed by atoms with E-state index in [1.165, 1.54) is 27.8 Å². The van der Waals surface area contributed by atoms with Crippen molar-refractivity contribution >= 4 is 12.2 Å². The summed E-state index contributed by atoms with van der Waals surface area (Å²) in [6.07, 6.45) is 6.16. The Morgan fingerprint density at radius 1 is 0.739 bits per heavy atom. The molecule has 23 heavy (non-hydrogen) atoms. The van der Waals surface area contributed by atoms with Crippen molar-refractivity contribution < 1.29 is 0 Å². The van der Waals surface area contributed by atoms with Crippen molar-refractivity contribution in [3.63, 3.8) is 0 Å². The molecule has 1 heteroatoms. The zero-order valence-corrected chi connectivity index (χ0v) is 13.9. The lowest BCUT2D eigenvalue weighted by atomic mass is 10.00. The van der Waals surface area contributed by atoms with Crippen LogP contribution in [-0.2, 0) is 0 Å². The van der Waals surface area contributed by atoms with Gasteiger partial charge in [-0.3, -0.25) is 4.98 Å². The molecule has 0 fully saturated rings. The molecule has 3 aromatic rings. The Balaban J connectivity index is 1.81. The van der Waals surface area contributed by atoms with Gasteiger partial charge in [-0.05, 0) is 60.7 Å². The first-order chi connectivity index (χ1) is 11.1. The van der Waals surface area contributed by atoms with Crippen molar-refractivity contribution in [3.05, 3.63) is 88.6 Å². The van der Waals surface area contributed by atoms with Crippen molar-refractivity contribution in [1.82, 2.24) is 4.98 Å². The number of benzene rings is 2. The smallest absolute Gasteiger partial charge is 0.0701 e. The van der Waals surface area contributed by atoms with Crippen molar-refractivity contribution in [3.8, 4) is 11.3 Å². The van der Waals surface area contributed by atoms with Gasteiger partial charge in [0.15, 0.2) is 0 Å². The van der Waals surface area contributed by atoms with Crippen LogP contribution >= 0.6 is 0 Å². The molecule has 0 aliphatic carbocycles. The first-order valence-electron chi connectivity index (χ1n) is 7.91. The van der Waals surface area contributed by atoms with E-state index in [0.717, 1.165) is 11.3 Å². The Morgan fingerprint density at radius 3 is 2.00 bits per heavy atom. The highest BCUT2D eigenvalue weighted by Crippen LogP contribution is 2.20. The maximum absolute atomic E-state index is 4.38. The Hall–Kier alpha value is -2.67. The second kappa shape index (κ2) is 6.62. The van der Waals surface area contributed by atoms with Crippen LogP contribution in [0.1, 0.15) is 27.8 Å². The summed E-state index contributed by atoms with van der Waals surface area (Å²) in [5.74, 6) is 0. The number of aryl methyl sites for hydroxylation is 2. The average Bonchev–Trinajstić information content (AvgIpc) is 2.59. The molecule has 0 saturated heterocycles. The standard InChI is InChI=1S/C22H21N/c1-16-14-20(15-17(2)18(16)3)8-7-19-9-11-21(12-10-19)22-6-4-5-13-23-22/h4-15H,1-3H3/b8-7+. The topological polar surface area (TPSA) is 12.9 Å². The van der Waals surface area contributed by atoms with E-state index in [1.54, 1.807) is 0 Å². The minimum Gasteiger partial charge on any atom is -0.256 e. The minimum absolute atomic E-state index is 1.01. The third-order valence-electron chi connectivity index (χ3n) is 4.29. The summed E-state index contributed by atoms with van der Waals surface area (Å²) >= 11 is 0. The minimum atomic E-state index is 1.01. The van der Waals surface area contributed by atoms with Gasteiger partial charge in [0.25, 0.3) is 0 Å². The molecule has 2 aromatic carbocycles. The number of hydrogen-bond donors (Lipinski definition) is 0. The van der Waals surface area contributed by atoms with Crippen LogP contribution in [0.2, 0.25) is 0 Å². The molecule has 0 radical (unpaired) electrons. The molecule has 3 rings (SSSR count). The highest BCUT2D eigenvalue weighted by atomic mass is 14.7. The summed E-state index contributed by atoms with van der Waals surface area (Å²) in [5.41, 5.74) is 8.66. The van der Waals surface area contributed by atoms with Gasteiger partial charge in [0.2, 0.25) is 0 Å². The Kier molecular flexibility index (Phi) is 4.38. The van der Waals surface area contributed by atoms with E-state index >= 15 is 0 Å². The third kappa shape index (κ3) is 3.57. The average molecular weight is 299 g/mol. The molecule has 0 spiro atoms. The third-order valence-corrected chi connectivity index (χ3v) is 4.29. The van der Waals surface area contributed by atoms with Crippen LogP contribution in [-0.4, -0.2) is 4.98 Å². The Labute approximate surface area is 138 Å². The fraction of sp³-hybridized carbons (Fsp3) is 0.136. The molecule has 0 amide bonds. The zero-order valence-electron chi connectivity index (χ0n) is 13.9. The molecular formula is C22H21N. The predicted octanol–water partition coefficient (Wildman–Crippen LogP) is 5.84. The summed E-state index contributed by atoms with van der Waals surface area (Å²) in [6, 6.07) is 19.0. The summed E-state index contributed by atoms with van der Waals surface area (Å²) in [6.45, 7) is 6.51. The second-order valence-corrected chi connectivity index (χ2v) is 5.95. The maximum atomic E-state index is 4.38. The fourth-order valence-corrected chi connectivity index (χ4v) is 2.66. The van der Waals surface area contributed by atoms with Crippen LogP contribution in [0.3, 0.4) is 0 Å². The van der Waals surface area contributed by atoms with E-state index in [1.807, 2.05) is 24.4 Å².